The van der Waals surface area contributed by atoms with Crippen LogP contribution in [0.25, 0.3) is 0 Å². The normalized spacial score (nSPS) is 11.7. The molecule has 1 aromatic carbocycles. The highest BCUT2D eigenvalue weighted by atomic mass is 16.6. The second-order valence-corrected chi connectivity index (χ2v) is 12.9. The van der Waals surface area contributed by atoms with Crippen molar-refractivity contribution in [2.24, 2.45) is 0 Å². The highest BCUT2D eigenvalue weighted by Gasteiger charge is 2.30. The van der Waals surface area contributed by atoms with Crippen LogP contribution in [0.4, 0.5) is 9.59 Å². The summed E-state index contributed by atoms with van der Waals surface area (Å²) in [6.07, 6.45) is -1.58. The first kappa shape index (κ1) is 46.9. The van der Waals surface area contributed by atoms with Gasteiger partial charge in [0.15, 0.2) is 0 Å². The molecule has 16 heteroatoms. The summed E-state index contributed by atoms with van der Waals surface area (Å²) < 4.78 is 64.7. The Bertz CT molecular complexity index is 1040. The highest BCUT2D eigenvalue weighted by Crippen LogP contribution is 2.15. The zero-order chi connectivity index (χ0) is 38.5. The van der Waals surface area contributed by atoms with Crippen LogP contribution in [0, 0.1) is 0 Å². The molecule has 0 aromatic heterocycles. The number of imide groups is 1. The van der Waals surface area contributed by atoms with Gasteiger partial charge in [-0.1, -0.05) is 0 Å². The summed E-state index contributed by atoms with van der Waals surface area (Å²) in [6, 6.07) is 6.71. The van der Waals surface area contributed by atoms with E-state index in [4.69, 9.17) is 52.1 Å². The molecule has 0 fully saturated rings. The molecule has 300 valence electrons. The minimum atomic E-state index is -0.790. The molecular formula is C36H61NO15. The number of hydrogen-bond acceptors (Lipinski definition) is 15. The van der Waals surface area contributed by atoms with E-state index in [1.807, 2.05) is 0 Å². The number of rotatable bonds is 29. The highest BCUT2D eigenvalue weighted by molar-refractivity contribution is 5.89. The van der Waals surface area contributed by atoms with Gasteiger partial charge in [-0.15, -0.1) is 0 Å². The molecule has 0 aliphatic carbocycles. The maximum Gasteiger partial charge on any atom is 0.419 e. The van der Waals surface area contributed by atoms with E-state index in [-0.39, 0.29) is 25.7 Å². The minimum absolute atomic E-state index is 0.0152. The van der Waals surface area contributed by atoms with Crippen LogP contribution in [0.2, 0.25) is 0 Å². The van der Waals surface area contributed by atoms with Gasteiger partial charge in [-0.25, -0.2) is 19.3 Å². The summed E-state index contributed by atoms with van der Waals surface area (Å²) in [4.78, 5) is 37.3. The second kappa shape index (κ2) is 28.4. The largest absolute Gasteiger partial charge is 0.491 e. The Balaban J connectivity index is 1.84. The Morgan fingerprint density at radius 3 is 1.10 bits per heavy atom. The summed E-state index contributed by atoms with van der Waals surface area (Å²) in [7, 11) is 1.34. The van der Waals surface area contributed by atoms with Crippen molar-refractivity contribution in [3.8, 4) is 5.75 Å². The molecule has 0 atom stereocenters. The van der Waals surface area contributed by atoms with Crippen LogP contribution in [0.1, 0.15) is 51.9 Å². The molecule has 0 aliphatic heterocycles. The molecule has 16 nitrogen and oxygen atoms in total. The number of benzene rings is 1. The third kappa shape index (κ3) is 26.7. The molecule has 0 saturated carbocycles. The Kier molecular flexibility index (Phi) is 25.6. The van der Waals surface area contributed by atoms with Crippen molar-refractivity contribution in [1.29, 1.82) is 0 Å². The first-order valence-corrected chi connectivity index (χ1v) is 17.5. The Morgan fingerprint density at radius 1 is 0.481 bits per heavy atom. The van der Waals surface area contributed by atoms with Crippen LogP contribution in [0.5, 0.6) is 5.75 Å². The average molecular weight is 748 g/mol. The molecule has 0 N–H and O–H groups in total. The predicted octanol–water partition coefficient (Wildman–Crippen LogP) is 4.16. The van der Waals surface area contributed by atoms with E-state index in [0.29, 0.717) is 110 Å². The van der Waals surface area contributed by atoms with Crippen molar-refractivity contribution in [3.05, 3.63) is 29.8 Å². The first-order chi connectivity index (χ1) is 24.8. The lowest BCUT2D eigenvalue weighted by Gasteiger charge is -2.28. The van der Waals surface area contributed by atoms with Gasteiger partial charge in [0.05, 0.1) is 125 Å². The van der Waals surface area contributed by atoms with Gasteiger partial charge < -0.3 is 56.8 Å². The van der Waals surface area contributed by atoms with Gasteiger partial charge in [-0.3, -0.25) is 0 Å². The van der Waals surface area contributed by atoms with Gasteiger partial charge in [0.1, 0.15) is 23.6 Å². The van der Waals surface area contributed by atoms with Crippen LogP contribution in [-0.4, -0.2) is 160 Å². The van der Waals surface area contributed by atoms with Crippen LogP contribution in [0.3, 0.4) is 0 Å². The van der Waals surface area contributed by atoms with Gasteiger partial charge in [0, 0.05) is 0 Å². The van der Waals surface area contributed by atoms with E-state index in [2.05, 4.69) is 4.74 Å². The number of nitrogens with zero attached hydrogens (tertiary/aromatic N) is 1. The van der Waals surface area contributed by atoms with Gasteiger partial charge in [-0.05, 0) is 65.8 Å². The van der Waals surface area contributed by atoms with Crippen LogP contribution < -0.4 is 4.74 Å². The number of esters is 1. The zero-order valence-electron chi connectivity index (χ0n) is 32.1. The third-order valence-electron chi connectivity index (χ3n) is 6.06. The molecular weight excluding hydrogens is 686 g/mol. The lowest BCUT2D eigenvalue weighted by Crippen LogP contribution is -2.45. The van der Waals surface area contributed by atoms with Crippen LogP contribution in [0.15, 0.2) is 24.3 Å². The Morgan fingerprint density at radius 2 is 0.788 bits per heavy atom. The quantitative estimate of drug-likeness (QED) is 0.0651. The number of methoxy groups -OCH3 is 1. The topological polar surface area (TPSA) is 165 Å². The summed E-state index contributed by atoms with van der Waals surface area (Å²) in [5, 5.41) is 0. The summed E-state index contributed by atoms with van der Waals surface area (Å²) in [5.74, 6) is 0.261. The molecule has 0 aliphatic rings. The number of carbonyl (C=O) groups excluding carboxylic acids is 3. The smallest absolute Gasteiger partial charge is 0.419 e. The lowest BCUT2D eigenvalue weighted by molar-refractivity contribution is -0.0249. The molecule has 0 saturated heterocycles. The number of ether oxygens (including phenoxy) is 12. The molecule has 2 amide bonds. The van der Waals surface area contributed by atoms with Crippen molar-refractivity contribution in [1.82, 2.24) is 4.90 Å². The van der Waals surface area contributed by atoms with E-state index in [0.717, 1.165) is 4.90 Å². The first-order valence-electron chi connectivity index (χ1n) is 17.5. The van der Waals surface area contributed by atoms with E-state index in [9.17, 15) is 14.4 Å². The summed E-state index contributed by atoms with van der Waals surface area (Å²) >= 11 is 0. The van der Waals surface area contributed by atoms with E-state index in [1.165, 1.54) is 7.11 Å². The number of hydrogen-bond donors (Lipinski definition) is 0. The van der Waals surface area contributed by atoms with E-state index < -0.39 is 23.4 Å². The van der Waals surface area contributed by atoms with Crippen molar-refractivity contribution >= 4 is 18.2 Å². The van der Waals surface area contributed by atoms with Crippen molar-refractivity contribution in [2.75, 3.05) is 126 Å². The van der Waals surface area contributed by atoms with Crippen LogP contribution >= 0.6 is 0 Å². The fourth-order valence-corrected chi connectivity index (χ4v) is 3.71. The van der Waals surface area contributed by atoms with Crippen LogP contribution in [-0.2, 0) is 52.1 Å². The van der Waals surface area contributed by atoms with E-state index >= 15 is 0 Å². The molecule has 0 bridgehead atoms. The fourth-order valence-electron chi connectivity index (χ4n) is 3.71. The van der Waals surface area contributed by atoms with Crippen molar-refractivity contribution < 1.29 is 71.2 Å². The maximum atomic E-state index is 12.5. The van der Waals surface area contributed by atoms with Gasteiger partial charge >= 0.3 is 18.2 Å². The molecule has 1 rings (SSSR count). The Hall–Kier alpha value is -3.09. The van der Waals surface area contributed by atoms with Gasteiger partial charge in [0.25, 0.3) is 0 Å². The predicted molar refractivity (Wildman–Crippen MR) is 189 cm³/mol. The molecule has 52 heavy (non-hydrogen) atoms. The zero-order valence-corrected chi connectivity index (χ0v) is 32.1. The van der Waals surface area contributed by atoms with Crippen molar-refractivity contribution in [3.63, 3.8) is 0 Å². The summed E-state index contributed by atoms with van der Waals surface area (Å²) in [6.45, 7) is 17.2. The molecule has 0 radical (unpaired) electrons. The molecule has 0 heterocycles. The van der Waals surface area contributed by atoms with E-state index in [1.54, 1.807) is 65.8 Å². The SMILES string of the molecule is COC(=O)c1ccc(OCCOCCOCCOCCOCCOCCOCCOCCOCCN(C(=O)OC(C)(C)C)C(=O)OC(C)(C)C)cc1. The average Bonchev–Trinajstić information content (AvgIpc) is 3.07. The Labute approximate surface area is 308 Å². The third-order valence-corrected chi connectivity index (χ3v) is 6.06. The number of amides is 2. The summed E-state index contributed by atoms with van der Waals surface area (Å²) in [5.41, 5.74) is -1.05. The lowest BCUT2D eigenvalue weighted by atomic mass is 10.2. The van der Waals surface area contributed by atoms with Gasteiger partial charge in [0.2, 0.25) is 0 Å². The number of carbonyl (C=O) groups is 3. The monoisotopic (exact) mass is 747 g/mol. The second-order valence-electron chi connectivity index (χ2n) is 12.9. The molecule has 0 unspecified atom stereocenters. The standard InChI is InChI=1S/C36H61NO15/c1-35(2,3)51-33(39)37(34(40)52-36(4,5)6)12-13-42-14-15-43-16-17-44-18-19-45-20-21-46-22-23-47-24-25-48-26-27-49-28-29-50-31-10-8-30(9-11-31)32(38)41-7/h8-11H,12-29H2,1-7H3. The van der Waals surface area contributed by atoms with Gasteiger partial charge in [-0.2, -0.15) is 0 Å². The molecule has 0 spiro atoms. The fraction of sp³-hybridized carbons (Fsp3) is 0.750. The van der Waals surface area contributed by atoms with Crippen molar-refractivity contribution in [2.45, 2.75) is 52.7 Å². The minimum Gasteiger partial charge on any atom is -0.491 e. The molecule has 1 aromatic rings. The maximum absolute atomic E-state index is 12.5.